The molecule has 11 heteroatoms. The number of carbonyl (C=O) groups is 3. The monoisotopic (exact) mass is 570 g/mol. The Kier molecular flexibility index (Phi) is 7.40. The summed E-state index contributed by atoms with van der Waals surface area (Å²) in [6.45, 7) is -0.311. The van der Waals surface area contributed by atoms with Crippen LogP contribution in [0, 0.1) is 9.39 Å². The van der Waals surface area contributed by atoms with E-state index in [9.17, 15) is 18.8 Å². The van der Waals surface area contributed by atoms with Gasteiger partial charge in [-0.15, -0.1) is 0 Å². The van der Waals surface area contributed by atoms with Crippen molar-refractivity contribution in [2.75, 3.05) is 25.7 Å². The van der Waals surface area contributed by atoms with Gasteiger partial charge in [-0.1, -0.05) is 0 Å². The second-order valence-electron chi connectivity index (χ2n) is 6.33. The van der Waals surface area contributed by atoms with E-state index in [2.05, 4.69) is 10.1 Å². The van der Waals surface area contributed by atoms with Gasteiger partial charge in [0.15, 0.2) is 23.2 Å². The predicted molar refractivity (Wildman–Crippen MR) is 126 cm³/mol. The molecule has 0 atom stereocenters. The molecule has 0 aromatic heterocycles. The predicted octanol–water partition coefficient (Wildman–Crippen LogP) is 2.82. The van der Waals surface area contributed by atoms with Crippen LogP contribution in [0.2, 0.25) is 0 Å². The van der Waals surface area contributed by atoms with Gasteiger partial charge >= 0.3 is 5.97 Å². The van der Waals surface area contributed by atoms with E-state index >= 15 is 0 Å². The Hall–Kier alpha value is -3.06. The standard InChI is InChI=1S/C21H16FIN2O6S/c1-29-16-9-11(8-15(23)18(16)31-10-17(26)30-2)7-14-19(27)24-21(32)25(20(14)28)13-5-3-12(22)4-6-13/h3-9H,10H2,1-2H3,(H,24,27,32)/b14-7-. The first kappa shape index (κ1) is 23.6. The van der Waals surface area contributed by atoms with Gasteiger partial charge in [0.1, 0.15) is 11.4 Å². The van der Waals surface area contributed by atoms with Crippen molar-refractivity contribution < 1.29 is 33.0 Å². The number of halogens is 2. The highest BCUT2D eigenvalue weighted by Gasteiger charge is 2.34. The van der Waals surface area contributed by atoms with Gasteiger partial charge in [-0.2, -0.15) is 0 Å². The van der Waals surface area contributed by atoms with E-state index in [0.29, 0.717) is 26.3 Å². The third kappa shape index (κ3) is 5.05. The molecule has 2 aromatic rings. The number of anilines is 1. The van der Waals surface area contributed by atoms with Gasteiger partial charge in [-0.3, -0.25) is 19.8 Å². The molecule has 0 saturated carbocycles. The van der Waals surface area contributed by atoms with Gasteiger partial charge in [0.05, 0.1) is 23.5 Å². The molecule has 0 bridgehead atoms. The lowest BCUT2D eigenvalue weighted by Gasteiger charge is -2.29. The molecule has 32 heavy (non-hydrogen) atoms. The molecule has 2 aromatic carbocycles. The number of thiocarbonyl (C=S) groups is 1. The maximum atomic E-state index is 13.3. The Bertz CT molecular complexity index is 1140. The van der Waals surface area contributed by atoms with Crippen molar-refractivity contribution in [1.82, 2.24) is 5.32 Å². The molecule has 166 valence electrons. The maximum absolute atomic E-state index is 13.3. The van der Waals surface area contributed by atoms with Crippen LogP contribution < -0.4 is 19.7 Å². The lowest BCUT2D eigenvalue weighted by molar-refractivity contribution is -0.143. The fourth-order valence-electron chi connectivity index (χ4n) is 2.80. The minimum atomic E-state index is -0.668. The minimum Gasteiger partial charge on any atom is -0.493 e. The molecule has 1 N–H and O–H groups in total. The summed E-state index contributed by atoms with van der Waals surface area (Å²) in [4.78, 5) is 38.0. The molecule has 0 unspecified atom stereocenters. The highest BCUT2D eigenvalue weighted by molar-refractivity contribution is 14.1. The highest BCUT2D eigenvalue weighted by atomic mass is 127. The summed E-state index contributed by atoms with van der Waals surface area (Å²) in [6.07, 6.45) is 1.38. The maximum Gasteiger partial charge on any atom is 0.343 e. The third-order valence-corrected chi connectivity index (χ3v) is 5.40. The first-order valence-corrected chi connectivity index (χ1v) is 10.5. The summed E-state index contributed by atoms with van der Waals surface area (Å²) in [5, 5.41) is 2.35. The summed E-state index contributed by atoms with van der Waals surface area (Å²) in [5.41, 5.74) is 0.608. The smallest absolute Gasteiger partial charge is 0.343 e. The van der Waals surface area contributed by atoms with Gasteiger partial charge in [-0.25, -0.2) is 9.18 Å². The fraction of sp³-hybridized carbons (Fsp3) is 0.143. The van der Waals surface area contributed by atoms with Crippen molar-refractivity contribution in [3.05, 3.63) is 56.9 Å². The zero-order chi connectivity index (χ0) is 23.4. The van der Waals surface area contributed by atoms with Gasteiger partial charge < -0.3 is 14.2 Å². The van der Waals surface area contributed by atoms with Crippen molar-refractivity contribution in [1.29, 1.82) is 0 Å². The largest absolute Gasteiger partial charge is 0.493 e. The van der Waals surface area contributed by atoms with E-state index in [1.54, 1.807) is 12.1 Å². The third-order valence-electron chi connectivity index (χ3n) is 4.31. The van der Waals surface area contributed by atoms with Crippen LogP contribution in [0.3, 0.4) is 0 Å². The number of nitrogens with one attached hydrogen (secondary N) is 1. The van der Waals surface area contributed by atoms with E-state index in [-0.39, 0.29) is 17.3 Å². The molecular weight excluding hydrogens is 554 g/mol. The zero-order valence-electron chi connectivity index (χ0n) is 16.8. The van der Waals surface area contributed by atoms with Crippen molar-refractivity contribution in [2.24, 2.45) is 0 Å². The summed E-state index contributed by atoms with van der Waals surface area (Å²) in [6, 6.07) is 8.34. The van der Waals surface area contributed by atoms with E-state index in [0.717, 1.165) is 4.90 Å². The summed E-state index contributed by atoms with van der Waals surface area (Å²) >= 11 is 7.11. The second-order valence-corrected chi connectivity index (χ2v) is 7.88. The SMILES string of the molecule is COC(=O)COc1c(I)cc(/C=C2/C(=O)NC(=S)N(c3ccc(F)cc3)C2=O)cc1OC. The molecular formula is C21H16FIN2O6S. The summed E-state index contributed by atoms with van der Waals surface area (Å²) in [7, 11) is 2.66. The molecule has 8 nitrogen and oxygen atoms in total. The van der Waals surface area contributed by atoms with Crippen LogP contribution >= 0.6 is 34.8 Å². The number of esters is 1. The van der Waals surface area contributed by atoms with Crippen molar-refractivity contribution in [3.63, 3.8) is 0 Å². The van der Waals surface area contributed by atoms with Crippen LogP contribution in [-0.4, -0.2) is 43.7 Å². The number of amides is 2. The highest BCUT2D eigenvalue weighted by Crippen LogP contribution is 2.35. The van der Waals surface area contributed by atoms with E-state index in [1.165, 1.54) is 44.6 Å². The Morgan fingerprint density at radius 2 is 1.91 bits per heavy atom. The average molecular weight is 570 g/mol. The first-order chi connectivity index (χ1) is 15.2. The Balaban J connectivity index is 1.96. The van der Waals surface area contributed by atoms with Gasteiger partial charge in [-0.05, 0) is 82.8 Å². The number of rotatable bonds is 6. The molecule has 3 rings (SSSR count). The van der Waals surface area contributed by atoms with Crippen LogP contribution in [0.4, 0.5) is 10.1 Å². The molecule has 0 radical (unpaired) electrons. The lowest BCUT2D eigenvalue weighted by Crippen LogP contribution is -2.54. The molecule has 2 amide bonds. The number of nitrogens with zero attached hydrogens (tertiary/aromatic N) is 1. The normalized spacial score (nSPS) is 14.9. The number of benzene rings is 2. The van der Waals surface area contributed by atoms with Gasteiger partial charge in [0.2, 0.25) is 0 Å². The number of carbonyl (C=O) groups excluding carboxylic acids is 3. The van der Waals surface area contributed by atoms with E-state index in [4.69, 9.17) is 21.7 Å². The topological polar surface area (TPSA) is 94.2 Å². The molecule has 1 aliphatic heterocycles. The quantitative estimate of drug-likeness (QED) is 0.188. The van der Waals surface area contributed by atoms with Crippen molar-refractivity contribution >= 4 is 69.5 Å². The molecule has 1 aliphatic rings. The van der Waals surface area contributed by atoms with Crippen molar-refractivity contribution in [3.8, 4) is 11.5 Å². The van der Waals surface area contributed by atoms with Crippen LogP contribution in [0.25, 0.3) is 6.08 Å². The van der Waals surface area contributed by atoms with Gasteiger partial charge in [0, 0.05) is 0 Å². The van der Waals surface area contributed by atoms with Crippen LogP contribution in [0.1, 0.15) is 5.56 Å². The first-order valence-electron chi connectivity index (χ1n) is 8.99. The van der Waals surface area contributed by atoms with Crippen LogP contribution in [-0.2, 0) is 19.1 Å². The van der Waals surface area contributed by atoms with Crippen LogP contribution in [0.15, 0.2) is 42.0 Å². The zero-order valence-corrected chi connectivity index (χ0v) is 19.8. The van der Waals surface area contributed by atoms with Gasteiger partial charge in [0.25, 0.3) is 11.8 Å². The molecule has 1 fully saturated rings. The Morgan fingerprint density at radius 3 is 2.53 bits per heavy atom. The van der Waals surface area contributed by atoms with E-state index < -0.39 is 23.6 Å². The summed E-state index contributed by atoms with van der Waals surface area (Å²) < 4.78 is 29.2. The lowest BCUT2D eigenvalue weighted by atomic mass is 10.1. The summed E-state index contributed by atoms with van der Waals surface area (Å²) in [5.74, 6) is -1.75. The molecule has 1 heterocycles. The molecule has 1 saturated heterocycles. The van der Waals surface area contributed by atoms with Crippen LogP contribution in [0.5, 0.6) is 11.5 Å². The Labute approximate surface area is 201 Å². The number of ether oxygens (including phenoxy) is 3. The van der Waals surface area contributed by atoms with Crippen molar-refractivity contribution in [2.45, 2.75) is 0 Å². The minimum absolute atomic E-state index is 0.109. The van der Waals surface area contributed by atoms with E-state index in [1.807, 2.05) is 22.6 Å². The Morgan fingerprint density at radius 1 is 1.22 bits per heavy atom. The number of hydrogen-bond acceptors (Lipinski definition) is 7. The number of hydrogen-bond donors (Lipinski definition) is 1. The average Bonchev–Trinajstić information content (AvgIpc) is 2.76. The molecule has 0 aliphatic carbocycles. The number of methoxy groups -OCH3 is 2. The fourth-order valence-corrected chi connectivity index (χ4v) is 3.86. The molecule has 0 spiro atoms. The second kappa shape index (κ2) is 10.0.